The van der Waals surface area contributed by atoms with Gasteiger partial charge in [0.2, 0.25) is 0 Å². The summed E-state index contributed by atoms with van der Waals surface area (Å²) in [6.07, 6.45) is 3.40. The van der Waals surface area contributed by atoms with Crippen LogP contribution in [-0.4, -0.2) is 22.8 Å². The van der Waals surface area contributed by atoms with Gasteiger partial charge in [-0.15, -0.1) is 0 Å². The van der Waals surface area contributed by atoms with E-state index in [0.717, 1.165) is 5.56 Å². The van der Waals surface area contributed by atoms with Crippen molar-refractivity contribution < 1.29 is 9.59 Å². The molecule has 4 N–H and O–H groups in total. The largest absolute Gasteiger partial charge is 0.340 e. The van der Waals surface area contributed by atoms with E-state index in [1.165, 1.54) is 12.4 Å². The van der Waals surface area contributed by atoms with Crippen LogP contribution >= 0.6 is 0 Å². The molecule has 0 saturated carbocycles. The number of hydrazine groups is 1. The van der Waals surface area contributed by atoms with Crippen LogP contribution in [0.5, 0.6) is 0 Å². The third-order valence-electron chi connectivity index (χ3n) is 2.99. The van der Waals surface area contributed by atoms with Gasteiger partial charge in [0.05, 0.1) is 0 Å². The average Bonchev–Trinajstić information content (AvgIpc) is 2.55. The average molecular weight is 284 g/mol. The molecule has 0 spiro atoms. The molecule has 2 amide bonds. The minimum atomic E-state index is -0.738. The maximum absolute atomic E-state index is 12.1. The van der Waals surface area contributed by atoms with E-state index in [0.29, 0.717) is 12.0 Å². The van der Waals surface area contributed by atoms with Gasteiger partial charge in [-0.3, -0.25) is 20.0 Å². The predicted octanol–water partition coefficient (Wildman–Crippen LogP) is 0.413. The second kappa shape index (κ2) is 7.16. The Bertz CT molecular complexity index is 602. The summed E-state index contributed by atoms with van der Waals surface area (Å²) in [5.74, 6) is 4.39. The number of rotatable bonds is 5. The fourth-order valence-corrected chi connectivity index (χ4v) is 1.90. The Kier molecular flexibility index (Phi) is 5.00. The SMILES string of the molecule is NNC(=O)[C@H](Cc1ccccc1)NC(=O)c1ccncc1. The highest BCUT2D eigenvalue weighted by Crippen LogP contribution is 2.05. The number of nitrogens with one attached hydrogen (secondary N) is 2. The standard InChI is InChI=1S/C15H16N4O2/c16-19-15(21)13(10-11-4-2-1-3-5-11)18-14(20)12-6-8-17-9-7-12/h1-9,13H,10,16H2,(H,18,20)(H,19,21)/t13-/m0/s1. The molecule has 0 aliphatic carbocycles. The minimum absolute atomic E-state index is 0.345. The molecule has 1 aromatic heterocycles. The van der Waals surface area contributed by atoms with Crippen molar-refractivity contribution in [3.63, 3.8) is 0 Å². The van der Waals surface area contributed by atoms with Gasteiger partial charge >= 0.3 is 0 Å². The van der Waals surface area contributed by atoms with Gasteiger partial charge in [-0.25, -0.2) is 5.84 Å². The zero-order chi connectivity index (χ0) is 15.1. The quantitative estimate of drug-likeness (QED) is 0.421. The normalized spacial score (nSPS) is 11.5. The minimum Gasteiger partial charge on any atom is -0.340 e. The molecule has 0 fully saturated rings. The summed E-state index contributed by atoms with van der Waals surface area (Å²) in [6.45, 7) is 0. The summed E-state index contributed by atoms with van der Waals surface area (Å²) in [4.78, 5) is 27.8. The number of aromatic nitrogens is 1. The molecule has 0 unspecified atom stereocenters. The van der Waals surface area contributed by atoms with E-state index in [9.17, 15) is 9.59 Å². The Morgan fingerprint density at radius 2 is 1.76 bits per heavy atom. The maximum atomic E-state index is 12.1. The zero-order valence-corrected chi connectivity index (χ0v) is 11.3. The smallest absolute Gasteiger partial charge is 0.256 e. The summed E-state index contributed by atoms with van der Waals surface area (Å²) >= 11 is 0. The maximum Gasteiger partial charge on any atom is 0.256 e. The zero-order valence-electron chi connectivity index (χ0n) is 11.3. The number of pyridine rings is 1. The van der Waals surface area contributed by atoms with E-state index < -0.39 is 11.9 Å². The number of nitrogens with zero attached hydrogens (tertiary/aromatic N) is 1. The van der Waals surface area contributed by atoms with Crippen molar-refractivity contribution in [3.05, 3.63) is 66.0 Å². The Labute approximate surface area is 122 Å². The van der Waals surface area contributed by atoms with Crippen molar-refractivity contribution in [1.82, 2.24) is 15.7 Å². The van der Waals surface area contributed by atoms with Crippen LogP contribution in [0.15, 0.2) is 54.9 Å². The molecule has 0 bridgehead atoms. The van der Waals surface area contributed by atoms with E-state index in [2.05, 4.69) is 15.7 Å². The van der Waals surface area contributed by atoms with Crippen molar-refractivity contribution in [3.8, 4) is 0 Å². The monoisotopic (exact) mass is 284 g/mol. The van der Waals surface area contributed by atoms with E-state index >= 15 is 0 Å². The van der Waals surface area contributed by atoms with Gasteiger partial charge in [0.25, 0.3) is 11.8 Å². The van der Waals surface area contributed by atoms with Crippen molar-refractivity contribution in [2.75, 3.05) is 0 Å². The van der Waals surface area contributed by atoms with E-state index in [1.54, 1.807) is 12.1 Å². The number of carbonyl (C=O) groups is 2. The van der Waals surface area contributed by atoms with Gasteiger partial charge in [0.15, 0.2) is 0 Å². The molecule has 108 valence electrons. The molecule has 1 aromatic carbocycles. The fraction of sp³-hybridized carbons (Fsp3) is 0.133. The number of benzene rings is 1. The van der Waals surface area contributed by atoms with Crippen LogP contribution in [0.2, 0.25) is 0 Å². The molecule has 1 heterocycles. The fourth-order valence-electron chi connectivity index (χ4n) is 1.90. The van der Waals surface area contributed by atoms with Gasteiger partial charge in [-0.1, -0.05) is 30.3 Å². The lowest BCUT2D eigenvalue weighted by Crippen LogP contribution is -2.50. The first-order valence-corrected chi connectivity index (χ1v) is 6.46. The molecule has 21 heavy (non-hydrogen) atoms. The lowest BCUT2D eigenvalue weighted by atomic mass is 10.0. The van der Waals surface area contributed by atoms with E-state index in [-0.39, 0.29) is 5.91 Å². The van der Waals surface area contributed by atoms with E-state index in [1.807, 2.05) is 30.3 Å². The molecule has 6 heteroatoms. The number of carbonyl (C=O) groups excluding carboxylic acids is 2. The predicted molar refractivity (Wildman–Crippen MR) is 78.0 cm³/mol. The number of nitrogens with two attached hydrogens (primary N) is 1. The van der Waals surface area contributed by atoms with Gasteiger partial charge in [-0.2, -0.15) is 0 Å². The van der Waals surface area contributed by atoms with Gasteiger partial charge < -0.3 is 5.32 Å². The summed E-state index contributed by atoms with van der Waals surface area (Å²) in [5.41, 5.74) is 3.45. The van der Waals surface area contributed by atoms with Crippen LogP contribution < -0.4 is 16.6 Å². The number of amides is 2. The molecule has 0 saturated heterocycles. The van der Waals surface area contributed by atoms with Gasteiger partial charge in [0.1, 0.15) is 6.04 Å². The lowest BCUT2D eigenvalue weighted by Gasteiger charge is -2.17. The van der Waals surface area contributed by atoms with Crippen LogP contribution in [0, 0.1) is 0 Å². The first-order chi connectivity index (χ1) is 10.2. The van der Waals surface area contributed by atoms with Crippen LogP contribution in [0.3, 0.4) is 0 Å². The number of hydrogen-bond acceptors (Lipinski definition) is 4. The molecule has 6 nitrogen and oxygen atoms in total. The Balaban J connectivity index is 2.10. The summed E-state index contributed by atoms with van der Waals surface area (Å²) in [5, 5.41) is 2.67. The Morgan fingerprint density at radius 1 is 1.10 bits per heavy atom. The topological polar surface area (TPSA) is 97.1 Å². The molecule has 2 rings (SSSR count). The van der Waals surface area contributed by atoms with Crippen molar-refractivity contribution in [2.45, 2.75) is 12.5 Å². The van der Waals surface area contributed by atoms with E-state index in [4.69, 9.17) is 5.84 Å². The molecule has 2 aromatic rings. The second-order valence-electron chi connectivity index (χ2n) is 4.46. The van der Waals surface area contributed by atoms with Crippen LogP contribution in [-0.2, 0) is 11.2 Å². The van der Waals surface area contributed by atoms with Crippen LogP contribution in [0.4, 0.5) is 0 Å². The summed E-state index contributed by atoms with van der Waals surface area (Å²) < 4.78 is 0. The third kappa shape index (κ3) is 4.12. The first kappa shape index (κ1) is 14.7. The highest BCUT2D eigenvalue weighted by Gasteiger charge is 2.21. The van der Waals surface area contributed by atoms with Gasteiger partial charge in [0, 0.05) is 24.4 Å². The van der Waals surface area contributed by atoms with Crippen molar-refractivity contribution >= 4 is 11.8 Å². The molecule has 1 atom stereocenters. The Hall–Kier alpha value is -2.73. The number of hydrogen-bond donors (Lipinski definition) is 3. The molecular formula is C15H16N4O2. The van der Waals surface area contributed by atoms with Crippen molar-refractivity contribution in [1.29, 1.82) is 0 Å². The molecular weight excluding hydrogens is 268 g/mol. The van der Waals surface area contributed by atoms with Crippen LogP contribution in [0.25, 0.3) is 0 Å². The highest BCUT2D eigenvalue weighted by atomic mass is 16.2. The summed E-state index contributed by atoms with van der Waals surface area (Å²) in [6, 6.07) is 11.8. The molecule has 0 aliphatic heterocycles. The van der Waals surface area contributed by atoms with Crippen LogP contribution in [0.1, 0.15) is 15.9 Å². The third-order valence-corrected chi connectivity index (χ3v) is 2.99. The Morgan fingerprint density at radius 3 is 2.38 bits per heavy atom. The lowest BCUT2D eigenvalue weighted by molar-refractivity contribution is -0.123. The molecule has 0 aliphatic rings. The second-order valence-corrected chi connectivity index (χ2v) is 4.46. The van der Waals surface area contributed by atoms with Crippen molar-refractivity contribution in [2.24, 2.45) is 5.84 Å². The summed E-state index contributed by atoms with van der Waals surface area (Å²) in [7, 11) is 0. The van der Waals surface area contributed by atoms with Gasteiger partial charge in [-0.05, 0) is 17.7 Å². The highest BCUT2D eigenvalue weighted by molar-refractivity contribution is 5.97. The first-order valence-electron chi connectivity index (χ1n) is 6.46. The molecule has 0 radical (unpaired) electrons.